The van der Waals surface area contributed by atoms with Crippen molar-refractivity contribution in [2.45, 2.75) is 57.4 Å². The first kappa shape index (κ1) is 13.5. The SMILES string of the molecule is NNC(Cc1ccccn1)C1CCCCCCC1. The number of rotatable bonds is 4. The zero-order chi connectivity index (χ0) is 12.6. The summed E-state index contributed by atoms with van der Waals surface area (Å²) in [5.74, 6) is 6.47. The highest BCUT2D eigenvalue weighted by Gasteiger charge is 2.21. The van der Waals surface area contributed by atoms with Crippen LogP contribution in [-0.4, -0.2) is 11.0 Å². The number of pyridine rings is 1. The molecule has 100 valence electrons. The summed E-state index contributed by atoms with van der Waals surface area (Å²) in [6.45, 7) is 0. The average Bonchev–Trinajstić information content (AvgIpc) is 2.37. The normalized spacial score (nSPS) is 20.1. The second-order valence-corrected chi connectivity index (χ2v) is 5.40. The molecule has 0 aliphatic heterocycles. The van der Waals surface area contributed by atoms with Gasteiger partial charge in [-0.3, -0.25) is 16.3 Å². The Bertz CT molecular complexity index is 318. The molecule has 0 spiro atoms. The van der Waals surface area contributed by atoms with Crippen LogP contribution < -0.4 is 11.3 Å². The third-order valence-electron chi connectivity index (χ3n) is 4.09. The Morgan fingerprint density at radius 2 is 1.89 bits per heavy atom. The Balaban J connectivity index is 1.93. The van der Waals surface area contributed by atoms with Crippen molar-refractivity contribution in [1.82, 2.24) is 10.4 Å². The summed E-state index contributed by atoms with van der Waals surface area (Å²) in [5.41, 5.74) is 4.17. The van der Waals surface area contributed by atoms with E-state index in [1.165, 1.54) is 44.9 Å². The van der Waals surface area contributed by atoms with E-state index in [0.717, 1.165) is 12.1 Å². The van der Waals surface area contributed by atoms with E-state index in [1.54, 1.807) is 0 Å². The van der Waals surface area contributed by atoms with Gasteiger partial charge in [-0.05, 0) is 30.9 Å². The molecular formula is C15H25N3. The lowest BCUT2D eigenvalue weighted by molar-refractivity contribution is 0.284. The first-order chi connectivity index (χ1) is 8.90. The van der Waals surface area contributed by atoms with Gasteiger partial charge in [0.2, 0.25) is 0 Å². The van der Waals surface area contributed by atoms with E-state index in [4.69, 9.17) is 5.84 Å². The average molecular weight is 247 g/mol. The molecule has 1 aromatic rings. The second-order valence-electron chi connectivity index (χ2n) is 5.40. The fraction of sp³-hybridized carbons (Fsp3) is 0.667. The Hall–Kier alpha value is -0.930. The topological polar surface area (TPSA) is 50.9 Å². The van der Waals surface area contributed by atoms with Crippen LogP contribution in [0.4, 0.5) is 0 Å². The van der Waals surface area contributed by atoms with Gasteiger partial charge >= 0.3 is 0 Å². The van der Waals surface area contributed by atoms with E-state index in [9.17, 15) is 0 Å². The standard InChI is InChI=1S/C15H25N3/c16-18-15(12-14-10-6-7-11-17-14)13-8-4-2-1-3-5-9-13/h6-7,10-11,13,15,18H,1-5,8-9,12,16H2. The zero-order valence-corrected chi connectivity index (χ0v) is 11.1. The molecule has 3 N–H and O–H groups in total. The van der Waals surface area contributed by atoms with Gasteiger partial charge in [-0.15, -0.1) is 0 Å². The molecule has 1 saturated carbocycles. The smallest absolute Gasteiger partial charge is 0.0419 e. The Labute approximate surface area is 110 Å². The van der Waals surface area contributed by atoms with Crippen LogP contribution in [0.1, 0.15) is 50.6 Å². The van der Waals surface area contributed by atoms with Crippen LogP contribution in [0.3, 0.4) is 0 Å². The molecule has 0 amide bonds. The second kappa shape index (κ2) is 7.49. The number of aromatic nitrogens is 1. The predicted octanol–water partition coefficient (Wildman–Crippen LogP) is 2.82. The van der Waals surface area contributed by atoms with Crippen molar-refractivity contribution in [3.05, 3.63) is 30.1 Å². The fourth-order valence-electron chi connectivity index (χ4n) is 3.00. The fourth-order valence-corrected chi connectivity index (χ4v) is 3.00. The Morgan fingerprint density at radius 1 is 1.17 bits per heavy atom. The number of nitrogens with zero attached hydrogens (tertiary/aromatic N) is 1. The van der Waals surface area contributed by atoms with Crippen LogP contribution in [0, 0.1) is 5.92 Å². The largest absolute Gasteiger partial charge is 0.271 e. The van der Waals surface area contributed by atoms with Gasteiger partial charge in [-0.2, -0.15) is 0 Å². The minimum atomic E-state index is 0.373. The van der Waals surface area contributed by atoms with Gasteiger partial charge in [0.25, 0.3) is 0 Å². The van der Waals surface area contributed by atoms with Gasteiger partial charge in [-0.25, -0.2) is 0 Å². The first-order valence-electron chi connectivity index (χ1n) is 7.26. The molecule has 18 heavy (non-hydrogen) atoms. The van der Waals surface area contributed by atoms with Crippen LogP contribution in [0.5, 0.6) is 0 Å². The lowest BCUT2D eigenvalue weighted by atomic mass is 9.84. The summed E-state index contributed by atoms with van der Waals surface area (Å²) < 4.78 is 0. The van der Waals surface area contributed by atoms with Gasteiger partial charge in [0.05, 0.1) is 0 Å². The van der Waals surface area contributed by atoms with E-state index in [1.807, 2.05) is 18.3 Å². The first-order valence-corrected chi connectivity index (χ1v) is 7.26. The van der Waals surface area contributed by atoms with E-state index < -0.39 is 0 Å². The molecule has 1 fully saturated rings. The molecule has 0 saturated heterocycles. The molecule has 1 unspecified atom stereocenters. The van der Waals surface area contributed by atoms with Crippen molar-refractivity contribution >= 4 is 0 Å². The predicted molar refractivity (Wildman–Crippen MR) is 74.9 cm³/mol. The summed E-state index contributed by atoms with van der Waals surface area (Å²) in [6.07, 6.45) is 12.3. The minimum absolute atomic E-state index is 0.373. The number of nitrogens with two attached hydrogens (primary N) is 1. The van der Waals surface area contributed by atoms with Crippen molar-refractivity contribution in [3.63, 3.8) is 0 Å². The molecule has 3 nitrogen and oxygen atoms in total. The molecule has 3 heteroatoms. The molecule has 0 radical (unpaired) electrons. The maximum atomic E-state index is 5.76. The van der Waals surface area contributed by atoms with E-state index in [-0.39, 0.29) is 0 Å². The summed E-state index contributed by atoms with van der Waals surface area (Å²) in [7, 11) is 0. The molecule has 1 atom stereocenters. The number of nitrogens with one attached hydrogen (secondary N) is 1. The van der Waals surface area contributed by atoms with Crippen LogP contribution in [-0.2, 0) is 6.42 Å². The minimum Gasteiger partial charge on any atom is -0.271 e. The van der Waals surface area contributed by atoms with Gasteiger partial charge in [0, 0.05) is 24.4 Å². The van der Waals surface area contributed by atoms with Crippen LogP contribution in [0.2, 0.25) is 0 Å². The Kier molecular flexibility index (Phi) is 5.62. The van der Waals surface area contributed by atoms with Crippen LogP contribution >= 0.6 is 0 Å². The van der Waals surface area contributed by atoms with E-state index in [2.05, 4.69) is 16.5 Å². The lowest BCUT2D eigenvalue weighted by Gasteiger charge is -2.28. The monoisotopic (exact) mass is 247 g/mol. The molecule has 1 heterocycles. The number of hydrazine groups is 1. The highest BCUT2D eigenvalue weighted by molar-refractivity contribution is 5.05. The van der Waals surface area contributed by atoms with Crippen molar-refractivity contribution in [2.24, 2.45) is 11.8 Å². The summed E-state index contributed by atoms with van der Waals surface area (Å²) >= 11 is 0. The van der Waals surface area contributed by atoms with Crippen molar-refractivity contribution in [2.75, 3.05) is 0 Å². The maximum absolute atomic E-state index is 5.76. The molecule has 2 rings (SSSR count). The number of hydrogen-bond acceptors (Lipinski definition) is 3. The van der Waals surface area contributed by atoms with E-state index >= 15 is 0 Å². The highest BCUT2D eigenvalue weighted by Crippen LogP contribution is 2.26. The third-order valence-corrected chi connectivity index (χ3v) is 4.09. The molecule has 0 bridgehead atoms. The summed E-state index contributed by atoms with van der Waals surface area (Å²) in [6, 6.07) is 6.48. The number of hydrogen-bond donors (Lipinski definition) is 2. The highest BCUT2D eigenvalue weighted by atomic mass is 15.2. The van der Waals surface area contributed by atoms with Crippen molar-refractivity contribution < 1.29 is 0 Å². The summed E-state index contributed by atoms with van der Waals surface area (Å²) in [4.78, 5) is 4.41. The molecule has 1 aliphatic rings. The van der Waals surface area contributed by atoms with E-state index in [0.29, 0.717) is 12.0 Å². The molecule has 0 aromatic carbocycles. The van der Waals surface area contributed by atoms with Crippen LogP contribution in [0.25, 0.3) is 0 Å². The van der Waals surface area contributed by atoms with Crippen molar-refractivity contribution in [1.29, 1.82) is 0 Å². The molecular weight excluding hydrogens is 222 g/mol. The summed E-state index contributed by atoms with van der Waals surface area (Å²) in [5, 5.41) is 0. The molecule has 1 aromatic heterocycles. The molecule has 1 aliphatic carbocycles. The third kappa shape index (κ3) is 4.07. The van der Waals surface area contributed by atoms with Gasteiger partial charge < -0.3 is 0 Å². The van der Waals surface area contributed by atoms with Gasteiger partial charge in [0.15, 0.2) is 0 Å². The quantitative estimate of drug-likeness (QED) is 0.635. The van der Waals surface area contributed by atoms with Gasteiger partial charge in [0.1, 0.15) is 0 Å². The zero-order valence-electron chi connectivity index (χ0n) is 11.1. The lowest BCUT2D eigenvalue weighted by Crippen LogP contribution is -2.42. The maximum Gasteiger partial charge on any atom is 0.0419 e. The van der Waals surface area contributed by atoms with Crippen molar-refractivity contribution in [3.8, 4) is 0 Å². The van der Waals surface area contributed by atoms with Gasteiger partial charge in [-0.1, -0.05) is 38.2 Å². The Morgan fingerprint density at radius 3 is 2.50 bits per heavy atom. The van der Waals surface area contributed by atoms with Crippen LogP contribution in [0.15, 0.2) is 24.4 Å².